The Kier molecular flexibility index (Phi) is 3.88. The Morgan fingerprint density at radius 1 is 0.850 bits per heavy atom. The molecule has 1 fully saturated rings. The van der Waals surface area contributed by atoms with Gasteiger partial charge in [0.2, 0.25) is 0 Å². The van der Waals surface area contributed by atoms with Crippen LogP contribution in [0.3, 0.4) is 0 Å². The maximum absolute atomic E-state index is 9.29. The number of morpholine rings is 1. The molecular formula is C17H19NO2. The first-order chi connectivity index (χ1) is 9.81. The molecule has 0 aromatic heterocycles. The van der Waals surface area contributed by atoms with Crippen LogP contribution >= 0.6 is 0 Å². The molecule has 1 aliphatic heterocycles. The zero-order chi connectivity index (χ0) is 13.8. The van der Waals surface area contributed by atoms with Crippen LogP contribution in [0.4, 0.5) is 5.69 Å². The number of ether oxygens (including phenoxy) is 1. The topological polar surface area (TPSA) is 32.7 Å². The van der Waals surface area contributed by atoms with Gasteiger partial charge in [0, 0.05) is 18.8 Å². The third-order valence-corrected chi connectivity index (χ3v) is 3.66. The number of phenols is 1. The number of rotatable bonds is 3. The van der Waals surface area contributed by atoms with Gasteiger partial charge in [-0.05, 0) is 41.8 Å². The first kappa shape index (κ1) is 13.0. The van der Waals surface area contributed by atoms with Crippen LogP contribution in [0.5, 0.6) is 5.75 Å². The fraction of sp³-hybridized carbons (Fsp3) is 0.294. The number of aromatic hydroxyl groups is 1. The van der Waals surface area contributed by atoms with Gasteiger partial charge in [0.1, 0.15) is 5.75 Å². The van der Waals surface area contributed by atoms with Crippen LogP contribution in [-0.4, -0.2) is 31.4 Å². The minimum atomic E-state index is 0.316. The quantitative estimate of drug-likeness (QED) is 0.930. The monoisotopic (exact) mass is 269 g/mol. The van der Waals surface area contributed by atoms with Crippen LogP contribution in [-0.2, 0) is 11.2 Å². The Bertz CT molecular complexity index is 542. The predicted octanol–water partition coefficient (Wildman–Crippen LogP) is 2.82. The molecule has 0 spiro atoms. The molecule has 1 saturated heterocycles. The van der Waals surface area contributed by atoms with Crippen molar-refractivity contribution in [1.29, 1.82) is 0 Å². The van der Waals surface area contributed by atoms with E-state index in [9.17, 15) is 5.11 Å². The first-order valence-corrected chi connectivity index (χ1v) is 7.01. The Morgan fingerprint density at radius 3 is 2.00 bits per heavy atom. The first-order valence-electron chi connectivity index (χ1n) is 7.01. The second-order valence-corrected chi connectivity index (χ2v) is 5.11. The van der Waals surface area contributed by atoms with E-state index in [0.29, 0.717) is 5.75 Å². The number of anilines is 1. The van der Waals surface area contributed by atoms with Gasteiger partial charge < -0.3 is 14.7 Å². The third kappa shape index (κ3) is 3.11. The second kappa shape index (κ2) is 5.97. The highest BCUT2D eigenvalue weighted by molar-refractivity contribution is 5.48. The molecule has 0 atom stereocenters. The summed E-state index contributed by atoms with van der Waals surface area (Å²) >= 11 is 0. The van der Waals surface area contributed by atoms with Crippen LogP contribution in [0.1, 0.15) is 11.1 Å². The lowest BCUT2D eigenvalue weighted by Crippen LogP contribution is -2.36. The SMILES string of the molecule is Oc1ccc(Cc2ccc(N3CCOCC3)cc2)cc1. The summed E-state index contributed by atoms with van der Waals surface area (Å²) in [5.74, 6) is 0.316. The average Bonchev–Trinajstić information content (AvgIpc) is 2.51. The van der Waals surface area contributed by atoms with E-state index in [2.05, 4.69) is 29.2 Å². The van der Waals surface area contributed by atoms with Gasteiger partial charge in [-0.25, -0.2) is 0 Å². The van der Waals surface area contributed by atoms with E-state index in [-0.39, 0.29) is 0 Å². The van der Waals surface area contributed by atoms with Crippen molar-refractivity contribution in [2.75, 3.05) is 31.2 Å². The van der Waals surface area contributed by atoms with Gasteiger partial charge in [-0.3, -0.25) is 0 Å². The standard InChI is InChI=1S/C17H19NO2/c19-17-7-3-15(4-8-17)13-14-1-5-16(6-2-14)18-9-11-20-12-10-18/h1-8,19H,9-13H2. The van der Waals surface area contributed by atoms with E-state index in [0.717, 1.165) is 32.7 Å². The third-order valence-electron chi connectivity index (χ3n) is 3.66. The van der Waals surface area contributed by atoms with Crippen molar-refractivity contribution in [3.05, 3.63) is 59.7 Å². The van der Waals surface area contributed by atoms with Gasteiger partial charge in [0.15, 0.2) is 0 Å². The zero-order valence-corrected chi connectivity index (χ0v) is 11.5. The molecule has 1 aliphatic rings. The van der Waals surface area contributed by atoms with Crippen molar-refractivity contribution in [2.24, 2.45) is 0 Å². The minimum Gasteiger partial charge on any atom is -0.508 e. The normalized spacial score (nSPS) is 15.3. The molecule has 0 unspecified atom stereocenters. The summed E-state index contributed by atoms with van der Waals surface area (Å²) in [5, 5.41) is 9.29. The van der Waals surface area contributed by atoms with Gasteiger partial charge in [-0.2, -0.15) is 0 Å². The molecule has 1 heterocycles. The van der Waals surface area contributed by atoms with Gasteiger partial charge in [-0.15, -0.1) is 0 Å². The molecular weight excluding hydrogens is 250 g/mol. The summed E-state index contributed by atoms with van der Waals surface area (Å²) in [7, 11) is 0. The Hall–Kier alpha value is -2.00. The van der Waals surface area contributed by atoms with Crippen molar-refractivity contribution in [3.63, 3.8) is 0 Å². The molecule has 0 amide bonds. The van der Waals surface area contributed by atoms with Crippen molar-refractivity contribution in [1.82, 2.24) is 0 Å². The summed E-state index contributed by atoms with van der Waals surface area (Å²) in [4.78, 5) is 2.35. The highest BCUT2D eigenvalue weighted by atomic mass is 16.5. The molecule has 3 heteroatoms. The lowest BCUT2D eigenvalue weighted by atomic mass is 10.0. The van der Waals surface area contributed by atoms with Crippen molar-refractivity contribution in [2.45, 2.75) is 6.42 Å². The Balaban J connectivity index is 1.67. The van der Waals surface area contributed by atoms with Crippen LogP contribution in [0, 0.1) is 0 Å². The van der Waals surface area contributed by atoms with Gasteiger partial charge in [0.05, 0.1) is 13.2 Å². The molecule has 0 radical (unpaired) electrons. The smallest absolute Gasteiger partial charge is 0.115 e. The fourth-order valence-electron chi connectivity index (χ4n) is 2.50. The van der Waals surface area contributed by atoms with E-state index in [1.165, 1.54) is 16.8 Å². The minimum absolute atomic E-state index is 0.316. The van der Waals surface area contributed by atoms with Gasteiger partial charge in [-0.1, -0.05) is 24.3 Å². The van der Waals surface area contributed by atoms with Gasteiger partial charge in [0.25, 0.3) is 0 Å². The Labute approximate surface area is 119 Å². The zero-order valence-electron chi connectivity index (χ0n) is 11.5. The fourth-order valence-corrected chi connectivity index (χ4v) is 2.50. The number of phenolic OH excluding ortho intramolecular Hbond substituents is 1. The Morgan fingerprint density at radius 2 is 1.40 bits per heavy atom. The summed E-state index contributed by atoms with van der Waals surface area (Å²) in [6.45, 7) is 3.57. The summed E-state index contributed by atoms with van der Waals surface area (Å²) in [6, 6.07) is 16.1. The molecule has 1 N–H and O–H groups in total. The predicted molar refractivity (Wildman–Crippen MR) is 80.4 cm³/mol. The lowest BCUT2D eigenvalue weighted by Gasteiger charge is -2.28. The maximum Gasteiger partial charge on any atom is 0.115 e. The van der Waals surface area contributed by atoms with Crippen molar-refractivity contribution >= 4 is 5.69 Å². The van der Waals surface area contributed by atoms with Crippen LogP contribution in [0.15, 0.2) is 48.5 Å². The summed E-state index contributed by atoms with van der Waals surface area (Å²) in [6.07, 6.45) is 0.893. The average molecular weight is 269 g/mol. The van der Waals surface area contributed by atoms with E-state index >= 15 is 0 Å². The number of nitrogens with zero attached hydrogens (tertiary/aromatic N) is 1. The van der Waals surface area contributed by atoms with E-state index in [1.54, 1.807) is 12.1 Å². The van der Waals surface area contributed by atoms with Crippen LogP contribution in [0.25, 0.3) is 0 Å². The molecule has 0 aliphatic carbocycles. The lowest BCUT2D eigenvalue weighted by molar-refractivity contribution is 0.122. The highest BCUT2D eigenvalue weighted by Gasteiger charge is 2.10. The summed E-state index contributed by atoms with van der Waals surface area (Å²) in [5.41, 5.74) is 3.76. The van der Waals surface area contributed by atoms with E-state index < -0.39 is 0 Å². The van der Waals surface area contributed by atoms with Gasteiger partial charge >= 0.3 is 0 Å². The molecule has 0 bridgehead atoms. The van der Waals surface area contributed by atoms with Crippen LogP contribution in [0.2, 0.25) is 0 Å². The van der Waals surface area contributed by atoms with E-state index in [4.69, 9.17) is 4.74 Å². The molecule has 3 rings (SSSR count). The maximum atomic E-state index is 9.29. The second-order valence-electron chi connectivity index (χ2n) is 5.11. The molecule has 0 saturated carbocycles. The highest BCUT2D eigenvalue weighted by Crippen LogP contribution is 2.19. The molecule has 104 valence electrons. The van der Waals surface area contributed by atoms with Crippen molar-refractivity contribution < 1.29 is 9.84 Å². The number of benzene rings is 2. The molecule has 2 aromatic rings. The molecule has 20 heavy (non-hydrogen) atoms. The molecule has 3 nitrogen and oxygen atoms in total. The molecule has 2 aromatic carbocycles. The van der Waals surface area contributed by atoms with Crippen LogP contribution < -0.4 is 4.90 Å². The largest absolute Gasteiger partial charge is 0.508 e. The summed E-state index contributed by atoms with van der Waals surface area (Å²) < 4.78 is 5.37. The number of hydrogen-bond donors (Lipinski definition) is 1. The van der Waals surface area contributed by atoms with Crippen molar-refractivity contribution in [3.8, 4) is 5.75 Å². The van der Waals surface area contributed by atoms with E-state index in [1.807, 2.05) is 12.1 Å². The number of hydrogen-bond acceptors (Lipinski definition) is 3.